The lowest BCUT2D eigenvalue weighted by Crippen LogP contribution is -1.88. The summed E-state index contributed by atoms with van der Waals surface area (Å²) in [5.74, 6) is 1.06. The molecule has 0 aromatic heterocycles. The first-order chi connectivity index (χ1) is 22.8. The third kappa shape index (κ3) is 14.8. The quantitative estimate of drug-likeness (QED) is 0.0675. The largest absolute Gasteiger partial charge is 0.508 e. The molecule has 0 aliphatic heterocycles. The van der Waals surface area contributed by atoms with E-state index in [1.54, 1.807) is 54.6 Å². The van der Waals surface area contributed by atoms with Crippen molar-refractivity contribution in [3.63, 3.8) is 0 Å². The lowest BCUT2D eigenvalue weighted by atomic mass is 10.0. The molecule has 0 aliphatic carbocycles. The molecular formula is C41H56O6. The van der Waals surface area contributed by atoms with Crippen molar-refractivity contribution in [2.45, 2.75) is 110 Å². The first-order valence-corrected chi connectivity index (χ1v) is 17.4. The molecule has 6 nitrogen and oxygen atoms in total. The summed E-state index contributed by atoms with van der Waals surface area (Å²) >= 11 is 0. The standard InChI is InChI=1S/C15H24O2.C14H22O2.C12H10O2/c1-2-3-4-5-6-7-8-10-13-14(16)11-9-12-15(13)17;1-2-3-4-5-6-7-9-12-13(15)10-8-11-14(12)16;13-10-7-4-8-11(14)12(10)9-5-2-1-3-6-9/h9,11-12,16-17H,2-8,10H2,1H3;8,10-11,15-16H,2-7,9H2,1H3;1-8,13-14H. The summed E-state index contributed by atoms with van der Waals surface area (Å²) in [6.07, 6.45) is 17.6. The zero-order valence-electron chi connectivity index (χ0n) is 28.4. The molecule has 0 fully saturated rings. The molecule has 0 spiro atoms. The summed E-state index contributed by atoms with van der Waals surface area (Å²) in [6.45, 7) is 4.43. The summed E-state index contributed by atoms with van der Waals surface area (Å²) in [5.41, 5.74) is 2.68. The number of phenols is 6. The highest BCUT2D eigenvalue weighted by Crippen LogP contribution is 2.36. The van der Waals surface area contributed by atoms with Gasteiger partial charge >= 0.3 is 0 Å². The average molecular weight is 645 g/mol. The fraction of sp³-hybridized carbons (Fsp3) is 0.415. The molecule has 0 radical (unpaired) electrons. The summed E-state index contributed by atoms with van der Waals surface area (Å²) in [6, 6.07) is 23.9. The second-order valence-electron chi connectivity index (χ2n) is 12.0. The van der Waals surface area contributed by atoms with E-state index in [0.29, 0.717) is 16.7 Å². The minimum Gasteiger partial charge on any atom is -0.508 e. The normalized spacial score (nSPS) is 10.4. The number of unbranched alkanes of at least 4 members (excludes halogenated alkanes) is 11. The van der Waals surface area contributed by atoms with Crippen molar-refractivity contribution in [1.82, 2.24) is 0 Å². The van der Waals surface area contributed by atoms with Crippen LogP contribution in [0.4, 0.5) is 0 Å². The topological polar surface area (TPSA) is 121 Å². The van der Waals surface area contributed by atoms with E-state index < -0.39 is 0 Å². The first-order valence-electron chi connectivity index (χ1n) is 17.4. The van der Waals surface area contributed by atoms with Gasteiger partial charge in [0.05, 0.1) is 5.56 Å². The molecule has 4 aromatic rings. The van der Waals surface area contributed by atoms with E-state index in [-0.39, 0.29) is 34.5 Å². The van der Waals surface area contributed by atoms with Crippen molar-refractivity contribution in [1.29, 1.82) is 0 Å². The Morgan fingerprint density at radius 2 is 0.660 bits per heavy atom. The predicted octanol–water partition coefficient (Wildman–Crippen LogP) is 11.2. The smallest absolute Gasteiger partial charge is 0.127 e. The SMILES string of the molecule is CCCCCCCCCc1c(O)cccc1O.CCCCCCCCc1c(O)cccc1O.Oc1cccc(O)c1-c1ccccc1. The van der Waals surface area contributed by atoms with Gasteiger partial charge in [-0.25, -0.2) is 0 Å². The highest BCUT2D eigenvalue weighted by Gasteiger charge is 2.09. The highest BCUT2D eigenvalue weighted by molar-refractivity contribution is 5.75. The molecule has 0 saturated carbocycles. The molecule has 0 unspecified atom stereocenters. The van der Waals surface area contributed by atoms with Gasteiger partial charge in [-0.2, -0.15) is 0 Å². The lowest BCUT2D eigenvalue weighted by molar-refractivity contribution is 0.434. The van der Waals surface area contributed by atoms with E-state index in [1.807, 2.05) is 30.3 Å². The Hall–Kier alpha value is -4.32. The van der Waals surface area contributed by atoms with Crippen molar-refractivity contribution in [2.75, 3.05) is 0 Å². The Labute approximate surface area is 282 Å². The van der Waals surface area contributed by atoms with Gasteiger partial charge in [0.15, 0.2) is 0 Å². The van der Waals surface area contributed by atoms with E-state index in [1.165, 1.54) is 70.6 Å². The third-order valence-electron chi connectivity index (χ3n) is 8.15. The van der Waals surface area contributed by atoms with Crippen molar-refractivity contribution in [3.8, 4) is 45.6 Å². The number of phenolic OH excluding ortho intramolecular Hbond substituents is 6. The van der Waals surface area contributed by atoms with Gasteiger partial charge in [-0.3, -0.25) is 0 Å². The van der Waals surface area contributed by atoms with E-state index in [0.717, 1.165) is 31.2 Å². The first kappa shape index (κ1) is 38.9. The van der Waals surface area contributed by atoms with Crippen molar-refractivity contribution < 1.29 is 30.6 Å². The lowest BCUT2D eigenvalue weighted by Gasteiger charge is -2.06. The van der Waals surface area contributed by atoms with Crippen molar-refractivity contribution >= 4 is 0 Å². The molecule has 256 valence electrons. The van der Waals surface area contributed by atoms with Crippen molar-refractivity contribution in [3.05, 3.63) is 96.1 Å². The Morgan fingerprint density at radius 3 is 1.02 bits per heavy atom. The summed E-state index contributed by atoms with van der Waals surface area (Å²) < 4.78 is 0. The zero-order chi connectivity index (χ0) is 34.3. The van der Waals surface area contributed by atoms with Crippen LogP contribution in [0.2, 0.25) is 0 Å². The number of benzene rings is 4. The van der Waals surface area contributed by atoms with Crippen LogP contribution in [-0.4, -0.2) is 30.6 Å². The second kappa shape index (κ2) is 23.1. The zero-order valence-corrected chi connectivity index (χ0v) is 28.4. The maximum atomic E-state index is 9.60. The van der Waals surface area contributed by atoms with Gasteiger partial charge in [0, 0.05) is 11.1 Å². The molecule has 47 heavy (non-hydrogen) atoms. The fourth-order valence-electron chi connectivity index (χ4n) is 5.41. The molecule has 0 aliphatic rings. The van der Waals surface area contributed by atoms with Crippen LogP contribution in [0.15, 0.2) is 84.9 Å². The maximum absolute atomic E-state index is 9.60. The molecule has 4 aromatic carbocycles. The Kier molecular flexibility index (Phi) is 19.1. The van der Waals surface area contributed by atoms with E-state index in [2.05, 4.69) is 13.8 Å². The maximum Gasteiger partial charge on any atom is 0.127 e. The molecule has 0 saturated heterocycles. The van der Waals surface area contributed by atoms with Gasteiger partial charge in [-0.15, -0.1) is 0 Å². The number of aromatic hydroxyl groups is 6. The van der Waals surface area contributed by atoms with Crippen molar-refractivity contribution in [2.24, 2.45) is 0 Å². The molecular weight excluding hydrogens is 588 g/mol. The second-order valence-corrected chi connectivity index (χ2v) is 12.0. The average Bonchev–Trinajstić information content (AvgIpc) is 3.06. The molecule has 6 heteroatoms. The molecule has 0 bridgehead atoms. The van der Waals surface area contributed by atoms with Crippen LogP contribution < -0.4 is 0 Å². The van der Waals surface area contributed by atoms with E-state index >= 15 is 0 Å². The van der Waals surface area contributed by atoms with Gasteiger partial charge in [-0.05, 0) is 67.6 Å². The Bertz CT molecular complexity index is 1340. The predicted molar refractivity (Wildman–Crippen MR) is 194 cm³/mol. The van der Waals surface area contributed by atoms with Crippen LogP contribution in [0.1, 0.15) is 108 Å². The minimum atomic E-state index is 0.0937. The van der Waals surface area contributed by atoms with Gasteiger partial charge in [0.2, 0.25) is 0 Å². The van der Waals surface area contributed by atoms with E-state index in [9.17, 15) is 30.6 Å². The number of hydrogen-bond donors (Lipinski definition) is 6. The summed E-state index contributed by atoms with van der Waals surface area (Å²) in [4.78, 5) is 0. The van der Waals surface area contributed by atoms with Gasteiger partial charge in [0.1, 0.15) is 34.5 Å². The summed E-state index contributed by atoms with van der Waals surface area (Å²) in [5, 5.41) is 57.5. The molecule has 6 N–H and O–H groups in total. The van der Waals surface area contributed by atoms with E-state index in [4.69, 9.17) is 0 Å². The number of hydrogen-bond acceptors (Lipinski definition) is 6. The number of rotatable bonds is 16. The van der Waals surface area contributed by atoms with Crippen LogP contribution in [-0.2, 0) is 12.8 Å². The third-order valence-corrected chi connectivity index (χ3v) is 8.15. The Balaban J connectivity index is 0.000000246. The Morgan fingerprint density at radius 1 is 0.340 bits per heavy atom. The van der Waals surface area contributed by atoms with Crippen LogP contribution in [0.3, 0.4) is 0 Å². The van der Waals surface area contributed by atoms with Gasteiger partial charge < -0.3 is 30.6 Å². The van der Waals surface area contributed by atoms with Crippen LogP contribution >= 0.6 is 0 Å². The monoisotopic (exact) mass is 644 g/mol. The molecule has 4 rings (SSSR count). The molecule has 0 atom stereocenters. The fourth-order valence-corrected chi connectivity index (χ4v) is 5.41. The molecule has 0 amide bonds. The molecule has 0 heterocycles. The van der Waals surface area contributed by atoms with Crippen LogP contribution in [0.5, 0.6) is 34.5 Å². The van der Waals surface area contributed by atoms with Crippen LogP contribution in [0, 0.1) is 0 Å². The van der Waals surface area contributed by atoms with Gasteiger partial charge in [0.25, 0.3) is 0 Å². The van der Waals surface area contributed by atoms with Gasteiger partial charge in [-0.1, -0.05) is 133 Å². The van der Waals surface area contributed by atoms with Crippen LogP contribution in [0.25, 0.3) is 11.1 Å². The minimum absolute atomic E-state index is 0.0937. The summed E-state index contributed by atoms with van der Waals surface area (Å²) in [7, 11) is 0. The highest BCUT2D eigenvalue weighted by atomic mass is 16.3.